The minimum Gasteiger partial charge on any atom is -0.372 e. The molecule has 1 aromatic carbocycles. The average Bonchev–Trinajstić information content (AvgIpc) is 3.26. The van der Waals surface area contributed by atoms with Crippen LogP contribution >= 0.6 is 0 Å². The van der Waals surface area contributed by atoms with Gasteiger partial charge >= 0.3 is 0 Å². The van der Waals surface area contributed by atoms with Crippen LogP contribution in [0.5, 0.6) is 0 Å². The Kier molecular flexibility index (Phi) is 3.63. The van der Waals surface area contributed by atoms with Gasteiger partial charge in [-0.3, -0.25) is 4.99 Å². The van der Waals surface area contributed by atoms with Crippen molar-refractivity contribution in [1.29, 1.82) is 0 Å². The molecular weight excluding hydrogens is 288 g/mol. The first kappa shape index (κ1) is 13.8. The number of aromatic nitrogens is 3. The molecule has 3 aromatic rings. The number of anilines is 1. The van der Waals surface area contributed by atoms with E-state index in [2.05, 4.69) is 25.6 Å². The first-order chi connectivity index (χ1) is 11.4. The number of H-pyrrole nitrogens is 1. The van der Waals surface area contributed by atoms with Gasteiger partial charge in [-0.1, -0.05) is 30.3 Å². The summed E-state index contributed by atoms with van der Waals surface area (Å²) in [5, 5.41) is 7.70. The second-order valence-electron chi connectivity index (χ2n) is 5.58. The van der Waals surface area contributed by atoms with E-state index in [0.29, 0.717) is 6.04 Å². The van der Waals surface area contributed by atoms with Gasteiger partial charge in [0.1, 0.15) is 11.5 Å². The van der Waals surface area contributed by atoms with Gasteiger partial charge < -0.3 is 15.6 Å². The molecule has 3 N–H and O–H groups in total. The molecule has 1 unspecified atom stereocenters. The topological polar surface area (TPSA) is 78.0 Å². The molecule has 6 nitrogen and oxygen atoms in total. The highest BCUT2D eigenvalue weighted by Gasteiger charge is 2.12. The van der Waals surface area contributed by atoms with Crippen molar-refractivity contribution in [3.8, 4) is 11.4 Å². The Hall–Kier alpha value is -2.89. The molecule has 2 aromatic heterocycles. The van der Waals surface area contributed by atoms with Crippen molar-refractivity contribution < 1.29 is 0 Å². The third-order valence-corrected chi connectivity index (χ3v) is 3.96. The molecule has 0 bridgehead atoms. The largest absolute Gasteiger partial charge is 0.372 e. The van der Waals surface area contributed by atoms with Gasteiger partial charge in [0.15, 0.2) is 5.82 Å². The second kappa shape index (κ2) is 6.08. The van der Waals surface area contributed by atoms with Gasteiger partial charge in [0.25, 0.3) is 0 Å². The molecule has 0 radical (unpaired) electrons. The molecule has 4 rings (SSSR count). The van der Waals surface area contributed by atoms with Gasteiger partial charge in [-0.05, 0) is 12.5 Å². The van der Waals surface area contributed by atoms with Crippen molar-refractivity contribution in [2.24, 2.45) is 4.99 Å². The van der Waals surface area contributed by atoms with E-state index in [1.165, 1.54) is 0 Å². The normalized spacial score (nSPS) is 16.6. The van der Waals surface area contributed by atoms with E-state index >= 15 is 0 Å². The summed E-state index contributed by atoms with van der Waals surface area (Å²) in [4.78, 5) is 16.7. The first-order valence-electron chi connectivity index (χ1n) is 7.79. The molecule has 1 aliphatic heterocycles. The Labute approximate surface area is 134 Å². The molecule has 1 atom stereocenters. The zero-order valence-electron chi connectivity index (χ0n) is 12.7. The van der Waals surface area contributed by atoms with Crippen LogP contribution in [0.1, 0.15) is 6.42 Å². The van der Waals surface area contributed by atoms with Gasteiger partial charge in [-0.2, -0.15) is 0 Å². The molecule has 0 saturated heterocycles. The van der Waals surface area contributed by atoms with Crippen molar-refractivity contribution in [2.45, 2.75) is 12.5 Å². The summed E-state index contributed by atoms with van der Waals surface area (Å²) < 4.78 is 0. The van der Waals surface area contributed by atoms with Crippen LogP contribution in [0.3, 0.4) is 0 Å². The van der Waals surface area contributed by atoms with E-state index in [-0.39, 0.29) is 0 Å². The Bertz CT molecular complexity index is 815. The summed E-state index contributed by atoms with van der Waals surface area (Å²) in [7, 11) is 0. The number of hydrogen-bond donors (Lipinski definition) is 3. The summed E-state index contributed by atoms with van der Waals surface area (Å²) in [6.45, 7) is 1.69. The molecule has 1 aliphatic rings. The fourth-order valence-corrected chi connectivity index (χ4v) is 2.72. The van der Waals surface area contributed by atoms with Gasteiger partial charge in [0.2, 0.25) is 0 Å². The van der Waals surface area contributed by atoms with Crippen LogP contribution in [0.2, 0.25) is 0 Å². The smallest absolute Gasteiger partial charge is 0.163 e. The van der Waals surface area contributed by atoms with E-state index in [1.54, 1.807) is 6.34 Å². The highest BCUT2D eigenvalue weighted by Crippen LogP contribution is 2.24. The lowest BCUT2D eigenvalue weighted by atomic mass is 10.2. The zero-order valence-corrected chi connectivity index (χ0v) is 12.7. The highest BCUT2D eigenvalue weighted by molar-refractivity contribution is 5.88. The second-order valence-corrected chi connectivity index (χ2v) is 5.58. The summed E-state index contributed by atoms with van der Waals surface area (Å²) in [5.74, 6) is 1.60. The Morgan fingerprint density at radius 1 is 1.13 bits per heavy atom. The molecular formula is C17H18N6. The third-order valence-electron chi connectivity index (χ3n) is 3.96. The fraction of sp³-hybridized carbons (Fsp3) is 0.235. The van der Waals surface area contributed by atoms with E-state index in [4.69, 9.17) is 4.98 Å². The molecule has 0 spiro atoms. The Morgan fingerprint density at radius 3 is 2.87 bits per heavy atom. The number of fused-ring (bicyclic) bond motifs is 1. The van der Waals surface area contributed by atoms with Crippen LogP contribution in [0.4, 0.5) is 5.82 Å². The molecule has 23 heavy (non-hydrogen) atoms. The van der Waals surface area contributed by atoms with Crippen molar-refractivity contribution >= 4 is 23.2 Å². The SMILES string of the molecule is C1=NCC(CCNc2nc(-c3ccccc3)nc3[nH]ccc23)N1. The predicted molar refractivity (Wildman–Crippen MR) is 92.7 cm³/mol. The lowest BCUT2D eigenvalue weighted by molar-refractivity contribution is 0.621. The van der Waals surface area contributed by atoms with E-state index in [0.717, 1.165) is 47.7 Å². The number of nitrogens with zero attached hydrogens (tertiary/aromatic N) is 3. The number of aromatic amines is 1. The zero-order chi connectivity index (χ0) is 15.5. The maximum Gasteiger partial charge on any atom is 0.163 e. The predicted octanol–water partition coefficient (Wildman–Crippen LogP) is 2.43. The Balaban J connectivity index is 1.58. The maximum atomic E-state index is 4.71. The maximum absolute atomic E-state index is 4.71. The summed E-state index contributed by atoms with van der Waals surface area (Å²) >= 11 is 0. The Morgan fingerprint density at radius 2 is 2.04 bits per heavy atom. The molecule has 0 fully saturated rings. The molecule has 116 valence electrons. The number of benzene rings is 1. The number of rotatable bonds is 5. The minimum atomic E-state index is 0.416. The number of aliphatic imine (C=N–C) groups is 1. The first-order valence-corrected chi connectivity index (χ1v) is 7.79. The van der Waals surface area contributed by atoms with Crippen molar-refractivity contribution in [3.63, 3.8) is 0 Å². The standard InChI is InChI=1S/C17H18N6/c1-2-4-12(5-3-1)15-22-16(14-7-9-20-17(14)23-15)19-8-6-13-10-18-11-21-13/h1-5,7,9,11,13H,6,8,10H2,(H,18,21)(H2,19,20,22,23). The van der Waals surface area contributed by atoms with Crippen LogP contribution < -0.4 is 10.6 Å². The van der Waals surface area contributed by atoms with Crippen LogP contribution in [0, 0.1) is 0 Å². The monoisotopic (exact) mass is 306 g/mol. The number of nitrogens with one attached hydrogen (secondary N) is 3. The third kappa shape index (κ3) is 2.88. The van der Waals surface area contributed by atoms with Crippen LogP contribution in [-0.4, -0.2) is 40.4 Å². The van der Waals surface area contributed by atoms with Crippen molar-refractivity contribution in [1.82, 2.24) is 20.3 Å². The van der Waals surface area contributed by atoms with Crippen LogP contribution in [0.25, 0.3) is 22.4 Å². The van der Waals surface area contributed by atoms with Crippen molar-refractivity contribution in [2.75, 3.05) is 18.4 Å². The van der Waals surface area contributed by atoms with Crippen molar-refractivity contribution in [3.05, 3.63) is 42.6 Å². The van der Waals surface area contributed by atoms with Crippen LogP contribution in [0.15, 0.2) is 47.6 Å². The fourth-order valence-electron chi connectivity index (χ4n) is 2.72. The van der Waals surface area contributed by atoms with Gasteiger partial charge in [0.05, 0.1) is 18.3 Å². The van der Waals surface area contributed by atoms with Crippen LogP contribution in [-0.2, 0) is 0 Å². The molecule has 6 heteroatoms. The lowest BCUT2D eigenvalue weighted by Crippen LogP contribution is -2.27. The minimum absolute atomic E-state index is 0.416. The molecule has 0 aliphatic carbocycles. The summed E-state index contributed by atoms with van der Waals surface area (Å²) in [5.41, 5.74) is 1.86. The van der Waals surface area contributed by atoms with E-state index < -0.39 is 0 Å². The number of hydrogen-bond acceptors (Lipinski definition) is 5. The summed E-state index contributed by atoms with van der Waals surface area (Å²) in [6, 6.07) is 12.4. The van der Waals surface area contributed by atoms with Gasteiger partial charge in [0, 0.05) is 24.3 Å². The quantitative estimate of drug-likeness (QED) is 0.676. The molecule has 0 saturated carbocycles. The molecule has 3 heterocycles. The van der Waals surface area contributed by atoms with Gasteiger partial charge in [-0.15, -0.1) is 0 Å². The van der Waals surface area contributed by atoms with Gasteiger partial charge in [-0.25, -0.2) is 9.97 Å². The lowest BCUT2D eigenvalue weighted by Gasteiger charge is -2.12. The highest BCUT2D eigenvalue weighted by atomic mass is 15.1. The summed E-state index contributed by atoms with van der Waals surface area (Å²) in [6.07, 6.45) is 4.68. The van der Waals surface area contributed by atoms with E-state index in [9.17, 15) is 0 Å². The average molecular weight is 306 g/mol. The van der Waals surface area contributed by atoms with E-state index in [1.807, 2.05) is 42.6 Å². The molecule has 0 amide bonds.